The Kier molecular flexibility index (Phi) is 2.92. The number of halogens is 1. The molecule has 0 saturated heterocycles. The van der Waals surface area contributed by atoms with Crippen LogP contribution in [0.25, 0.3) is 10.9 Å². The second kappa shape index (κ2) is 4.09. The van der Waals surface area contributed by atoms with Crippen LogP contribution in [0.15, 0.2) is 12.1 Å². The number of rotatable bonds is 2. The smallest absolute Gasteiger partial charge is 0.423 e. The maximum atomic E-state index is 9.45. The SMILES string of the molecule is CC(C)c1ccc2n[nH]c(Cl)c2c1B(O)O. The standard InChI is InChI=1S/C10H12BClN2O2/c1-5(2)6-3-4-7-8(9(6)11(15)16)10(12)14-13-7/h3-5,15-16H,1-2H3,(H,13,14). The number of aromatic nitrogens is 2. The van der Waals surface area contributed by atoms with Crippen molar-refractivity contribution in [1.29, 1.82) is 0 Å². The molecule has 0 saturated carbocycles. The first-order valence-corrected chi connectivity index (χ1v) is 5.42. The summed E-state index contributed by atoms with van der Waals surface area (Å²) in [5, 5.41) is 26.4. The molecule has 6 heteroatoms. The van der Waals surface area contributed by atoms with Gasteiger partial charge in [-0.25, -0.2) is 0 Å². The van der Waals surface area contributed by atoms with Crippen LogP contribution in [-0.2, 0) is 0 Å². The Morgan fingerprint density at radius 2 is 2.06 bits per heavy atom. The average Bonchev–Trinajstić information content (AvgIpc) is 2.59. The number of fused-ring (bicyclic) bond motifs is 1. The van der Waals surface area contributed by atoms with Gasteiger partial charge in [-0.15, -0.1) is 0 Å². The second-order valence-corrected chi connectivity index (χ2v) is 4.41. The summed E-state index contributed by atoms with van der Waals surface area (Å²) in [6, 6.07) is 3.66. The van der Waals surface area contributed by atoms with Gasteiger partial charge in [-0.1, -0.05) is 31.5 Å². The lowest BCUT2D eigenvalue weighted by Crippen LogP contribution is -2.34. The fraction of sp³-hybridized carbons (Fsp3) is 0.300. The zero-order valence-electron chi connectivity index (χ0n) is 9.03. The van der Waals surface area contributed by atoms with E-state index in [4.69, 9.17) is 11.6 Å². The van der Waals surface area contributed by atoms with Gasteiger partial charge in [-0.05, 0) is 23.0 Å². The minimum Gasteiger partial charge on any atom is -0.423 e. The van der Waals surface area contributed by atoms with Crippen LogP contribution >= 0.6 is 11.6 Å². The molecule has 1 aromatic carbocycles. The molecule has 0 spiro atoms. The highest BCUT2D eigenvalue weighted by Crippen LogP contribution is 2.23. The normalized spacial score (nSPS) is 11.4. The maximum absolute atomic E-state index is 9.45. The van der Waals surface area contributed by atoms with E-state index in [1.165, 1.54) is 0 Å². The van der Waals surface area contributed by atoms with Gasteiger partial charge in [0.05, 0.1) is 5.52 Å². The molecule has 0 radical (unpaired) electrons. The van der Waals surface area contributed by atoms with Crippen LogP contribution in [0.3, 0.4) is 0 Å². The minimum atomic E-state index is -1.55. The molecule has 0 aliphatic rings. The highest BCUT2D eigenvalue weighted by atomic mass is 35.5. The van der Waals surface area contributed by atoms with E-state index >= 15 is 0 Å². The Labute approximate surface area is 98.4 Å². The predicted molar refractivity (Wildman–Crippen MR) is 65.0 cm³/mol. The van der Waals surface area contributed by atoms with Gasteiger partial charge in [0.15, 0.2) is 0 Å². The van der Waals surface area contributed by atoms with Crippen LogP contribution in [0.2, 0.25) is 5.15 Å². The lowest BCUT2D eigenvalue weighted by Gasteiger charge is -2.13. The van der Waals surface area contributed by atoms with E-state index in [-0.39, 0.29) is 5.92 Å². The number of nitrogens with zero attached hydrogens (tertiary/aromatic N) is 1. The van der Waals surface area contributed by atoms with Crippen LogP contribution in [0.5, 0.6) is 0 Å². The Balaban J connectivity index is 2.83. The van der Waals surface area contributed by atoms with Crippen molar-refractivity contribution in [2.24, 2.45) is 0 Å². The molecule has 1 aromatic heterocycles. The molecular formula is C10H12BClN2O2. The number of hydrogen-bond donors (Lipinski definition) is 3. The molecule has 0 bridgehead atoms. The molecule has 0 atom stereocenters. The molecule has 2 aromatic rings. The molecule has 84 valence electrons. The van der Waals surface area contributed by atoms with Gasteiger partial charge in [-0.3, -0.25) is 5.10 Å². The Morgan fingerprint density at radius 3 is 2.62 bits per heavy atom. The lowest BCUT2D eigenvalue weighted by molar-refractivity contribution is 0.425. The fourth-order valence-corrected chi connectivity index (χ4v) is 2.14. The fourth-order valence-electron chi connectivity index (χ4n) is 1.89. The molecule has 1 heterocycles. The number of H-pyrrole nitrogens is 1. The zero-order valence-corrected chi connectivity index (χ0v) is 9.78. The van der Waals surface area contributed by atoms with Gasteiger partial charge >= 0.3 is 7.12 Å². The van der Waals surface area contributed by atoms with Crippen molar-refractivity contribution in [3.63, 3.8) is 0 Å². The largest absolute Gasteiger partial charge is 0.489 e. The topological polar surface area (TPSA) is 69.1 Å². The average molecular weight is 238 g/mol. The van der Waals surface area contributed by atoms with Crippen LogP contribution in [0, 0.1) is 0 Å². The molecule has 0 aliphatic heterocycles. The summed E-state index contributed by atoms with van der Waals surface area (Å²) in [6.07, 6.45) is 0. The first-order valence-electron chi connectivity index (χ1n) is 5.05. The van der Waals surface area contributed by atoms with Gasteiger partial charge in [0.25, 0.3) is 0 Å². The van der Waals surface area contributed by atoms with E-state index in [0.717, 1.165) is 5.56 Å². The van der Waals surface area contributed by atoms with E-state index < -0.39 is 7.12 Å². The van der Waals surface area contributed by atoms with Gasteiger partial charge in [-0.2, -0.15) is 5.10 Å². The van der Waals surface area contributed by atoms with E-state index in [2.05, 4.69) is 10.2 Å². The lowest BCUT2D eigenvalue weighted by atomic mass is 9.72. The Hall–Kier alpha value is -1.04. The van der Waals surface area contributed by atoms with E-state index in [1.807, 2.05) is 26.0 Å². The number of benzene rings is 1. The molecule has 0 amide bonds. The van der Waals surface area contributed by atoms with E-state index in [9.17, 15) is 10.0 Å². The van der Waals surface area contributed by atoms with Crippen LogP contribution < -0.4 is 5.46 Å². The summed E-state index contributed by atoms with van der Waals surface area (Å²) < 4.78 is 0. The van der Waals surface area contributed by atoms with Crippen molar-refractivity contribution in [3.05, 3.63) is 22.8 Å². The van der Waals surface area contributed by atoms with E-state index in [0.29, 0.717) is 21.5 Å². The minimum absolute atomic E-state index is 0.187. The molecule has 0 unspecified atom stereocenters. The summed E-state index contributed by atoms with van der Waals surface area (Å²) in [5.74, 6) is 0.187. The predicted octanol–water partition coefficient (Wildman–Crippen LogP) is 1.02. The monoisotopic (exact) mass is 238 g/mol. The molecule has 0 aliphatic carbocycles. The van der Waals surface area contributed by atoms with Crippen molar-refractivity contribution in [3.8, 4) is 0 Å². The zero-order chi connectivity index (χ0) is 11.9. The van der Waals surface area contributed by atoms with Gasteiger partial charge in [0.2, 0.25) is 0 Å². The summed E-state index contributed by atoms with van der Waals surface area (Å²) in [4.78, 5) is 0. The molecule has 0 fully saturated rings. The van der Waals surface area contributed by atoms with Gasteiger partial charge in [0.1, 0.15) is 5.15 Å². The van der Waals surface area contributed by atoms with Crippen molar-refractivity contribution in [1.82, 2.24) is 10.2 Å². The van der Waals surface area contributed by atoms with Crippen molar-refractivity contribution in [2.75, 3.05) is 0 Å². The Bertz CT molecular complexity index is 525. The Morgan fingerprint density at radius 1 is 1.38 bits per heavy atom. The third-order valence-corrected chi connectivity index (χ3v) is 2.90. The summed E-state index contributed by atoms with van der Waals surface area (Å²) in [6.45, 7) is 3.97. The molecule has 2 rings (SSSR count). The van der Waals surface area contributed by atoms with Gasteiger partial charge < -0.3 is 10.0 Å². The molecule has 16 heavy (non-hydrogen) atoms. The number of nitrogens with one attached hydrogen (secondary N) is 1. The second-order valence-electron chi connectivity index (χ2n) is 4.03. The molecular weight excluding hydrogens is 226 g/mol. The van der Waals surface area contributed by atoms with Crippen molar-refractivity contribution in [2.45, 2.75) is 19.8 Å². The third-order valence-electron chi connectivity index (χ3n) is 2.63. The van der Waals surface area contributed by atoms with Crippen LogP contribution in [0.4, 0.5) is 0 Å². The summed E-state index contributed by atoms with van der Waals surface area (Å²) in [7, 11) is -1.55. The summed E-state index contributed by atoms with van der Waals surface area (Å²) >= 11 is 5.96. The number of aromatic amines is 1. The maximum Gasteiger partial charge on any atom is 0.489 e. The third kappa shape index (κ3) is 1.71. The van der Waals surface area contributed by atoms with E-state index in [1.54, 1.807) is 0 Å². The highest BCUT2D eigenvalue weighted by molar-refractivity contribution is 6.63. The van der Waals surface area contributed by atoms with Crippen molar-refractivity contribution < 1.29 is 10.0 Å². The highest BCUT2D eigenvalue weighted by Gasteiger charge is 2.23. The van der Waals surface area contributed by atoms with Crippen LogP contribution in [0.1, 0.15) is 25.3 Å². The van der Waals surface area contributed by atoms with Gasteiger partial charge in [0, 0.05) is 5.39 Å². The van der Waals surface area contributed by atoms with Crippen molar-refractivity contribution >= 4 is 35.1 Å². The summed E-state index contributed by atoms with van der Waals surface area (Å²) in [5.41, 5.74) is 1.94. The quantitative estimate of drug-likeness (QED) is 0.684. The first kappa shape index (κ1) is 11.5. The van der Waals surface area contributed by atoms with Crippen LogP contribution in [-0.4, -0.2) is 27.4 Å². The molecule has 4 nitrogen and oxygen atoms in total. The molecule has 3 N–H and O–H groups in total. The number of hydrogen-bond acceptors (Lipinski definition) is 3. The first-order chi connectivity index (χ1) is 7.52.